The van der Waals surface area contributed by atoms with Gasteiger partial charge in [-0.25, -0.2) is 29.9 Å². The van der Waals surface area contributed by atoms with Gasteiger partial charge < -0.3 is 36.6 Å². The molecule has 3 amide bonds. The molecule has 0 atom stereocenters. The van der Waals surface area contributed by atoms with Crippen molar-refractivity contribution in [1.29, 1.82) is 0 Å². The van der Waals surface area contributed by atoms with E-state index in [0.29, 0.717) is 94.2 Å². The quantitative estimate of drug-likeness (QED) is 0.0534. The Hall–Kier alpha value is -10.7. The van der Waals surface area contributed by atoms with Crippen LogP contribution < -0.4 is 36.6 Å². The summed E-state index contributed by atoms with van der Waals surface area (Å²) < 4.78 is 11.0. The van der Waals surface area contributed by atoms with Crippen molar-refractivity contribution in [3.63, 3.8) is 0 Å². The monoisotopic (exact) mass is 1570 g/mol. The van der Waals surface area contributed by atoms with Crippen molar-refractivity contribution in [3.8, 4) is 56.2 Å². The number of rotatable bonds is 22. The highest BCUT2D eigenvalue weighted by Crippen LogP contribution is 2.46. The number of nitrogen functional groups attached to an aromatic ring is 3. The molecule has 0 spiro atoms. The molecule has 6 aromatic heterocycles. The summed E-state index contributed by atoms with van der Waals surface area (Å²) in [6.07, 6.45) is 22.3. The second kappa shape index (κ2) is 33.7. The summed E-state index contributed by atoms with van der Waals surface area (Å²) in [6.45, 7) is 4.25. The number of methoxy groups -OCH3 is 1. The maximum Gasteiger partial charge on any atom is 0.250 e. The van der Waals surface area contributed by atoms with Gasteiger partial charge in [0.15, 0.2) is 16.9 Å². The first-order valence-electron chi connectivity index (χ1n) is 35.8. The summed E-state index contributed by atoms with van der Waals surface area (Å²) >= 11 is 33.1. The molecule has 0 aliphatic heterocycles. The predicted octanol–water partition coefficient (Wildman–Crippen LogP) is 16.4. The van der Waals surface area contributed by atoms with Crippen LogP contribution in [0.3, 0.4) is 0 Å². The number of nitrogens with two attached hydrogens (primary N) is 3. The van der Waals surface area contributed by atoms with E-state index in [0.717, 1.165) is 98.5 Å². The van der Waals surface area contributed by atoms with Crippen LogP contribution in [0, 0.1) is 6.92 Å². The van der Waals surface area contributed by atoms with Gasteiger partial charge in [0.05, 0.1) is 34.6 Å². The SMILES string of the molecule is CN(C(=O)/C=C/CN(C)C1CC1)c1ccc(-n2c(Cl)c(-c3ccc(Cl)cc3)c3c(N)ncnc32)cc1.CN(C(=O)/C=C/CN(C)C1CC1)c1cccc(-n2c(Cl)c(-c3ccc(Cl)cc3)c3c(N)ncnc32)c1.COc1cc(-c2c(Cl)n(-c3cccc(N(C)C(=O)/C=C/CN(C)C4CC4)c3)c3ncnc(N)c23)ccc1C. The number of amides is 3. The van der Waals surface area contributed by atoms with E-state index in [2.05, 4.69) is 65.7 Å². The smallest absolute Gasteiger partial charge is 0.250 e. The number of likely N-dealkylation sites (N-methyl/N-ethyl adjacent to an activating group) is 6. The van der Waals surface area contributed by atoms with Gasteiger partial charge in [-0.15, -0.1) is 0 Å². The predicted molar refractivity (Wildman–Crippen MR) is 447 cm³/mol. The number of carbonyl (C=O) groups is 3. The molecule has 0 bridgehead atoms. The number of aromatic nitrogens is 9. The van der Waals surface area contributed by atoms with Crippen LogP contribution in [0.2, 0.25) is 25.5 Å². The van der Waals surface area contributed by atoms with E-state index in [4.69, 9.17) is 79.9 Å². The Balaban J connectivity index is 0.000000145. The zero-order valence-electron chi connectivity index (χ0n) is 62.0. The number of halogens is 5. The molecule has 3 aliphatic carbocycles. The van der Waals surface area contributed by atoms with Gasteiger partial charge in [-0.05, 0) is 180 Å². The number of fused-ring (bicyclic) bond motifs is 3. The summed E-state index contributed by atoms with van der Waals surface area (Å²) in [5.41, 5.74) is 30.9. The molecular formula is C83H83Cl5N18O4. The van der Waals surface area contributed by atoms with Gasteiger partial charge in [0.2, 0.25) is 17.7 Å². The molecule has 0 radical (unpaired) electrons. The van der Waals surface area contributed by atoms with Crippen molar-refractivity contribution >= 4 is 143 Å². The third-order valence-corrected chi connectivity index (χ3v) is 21.6. The Morgan fingerprint density at radius 2 is 0.764 bits per heavy atom. The molecule has 6 aromatic carbocycles. The number of benzene rings is 6. The lowest BCUT2D eigenvalue weighted by Crippen LogP contribution is -2.25. The van der Waals surface area contributed by atoms with Crippen LogP contribution in [0.25, 0.3) is 83.5 Å². The Morgan fingerprint density at radius 1 is 0.427 bits per heavy atom. The topological polar surface area (TPSA) is 250 Å². The van der Waals surface area contributed by atoms with Crippen LogP contribution in [0.4, 0.5) is 34.5 Å². The number of anilines is 6. The maximum absolute atomic E-state index is 12.9. The first-order valence-corrected chi connectivity index (χ1v) is 37.7. The first-order chi connectivity index (χ1) is 53.0. The minimum absolute atomic E-state index is 0.0815. The molecule has 3 fully saturated rings. The van der Waals surface area contributed by atoms with Crippen molar-refractivity contribution in [2.75, 3.05) is 101 Å². The summed E-state index contributed by atoms with van der Waals surface area (Å²) in [7, 11) is 13.2. The van der Waals surface area contributed by atoms with Crippen LogP contribution in [-0.4, -0.2) is 163 Å². The average Bonchev–Trinajstić information content (AvgIpc) is 1.60. The van der Waals surface area contributed by atoms with Gasteiger partial charge in [-0.3, -0.25) is 42.8 Å². The largest absolute Gasteiger partial charge is 0.496 e. The van der Waals surface area contributed by atoms with Crippen molar-refractivity contribution in [2.45, 2.75) is 63.6 Å². The van der Waals surface area contributed by atoms with E-state index < -0.39 is 0 Å². The number of carbonyl (C=O) groups excluding carboxylic acids is 3. The maximum atomic E-state index is 12.9. The van der Waals surface area contributed by atoms with Crippen molar-refractivity contribution in [1.82, 2.24) is 58.3 Å². The van der Waals surface area contributed by atoms with Gasteiger partial charge >= 0.3 is 0 Å². The van der Waals surface area contributed by atoms with Gasteiger partial charge in [0, 0.05) is 127 Å². The van der Waals surface area contributed by atoms with Gasteiger partial charge in [0.1, 0.15) is 57.6 Å². The van der Waals surface area contributed by atoms with Crippen LogP contribution >= 0.6 is 58.0 Å². The minimum atomic E-state index is -0.103. The van der Waals surface area contributed by atoms with Crippen LogP contribution in [0.15, 0.2) is 195 Å². The molecule has 110 heavy (non-hydrogen) atoms. The van der Waals surface area contributed by atoms with E-state index in [9.17, 15) is 14.4 Å². The summed E-state index contributed by atoms with van der Waals surface area (Å²) in [5.74, 6) is 1.45. The van der Waals surface area contributed by atoms with E-state index in [1.54, 1.807) is 85.4 Å². The molecule has 6 heterocycles. The molecule has 3 aliphatic rings. The van der Waals surface area contributed by atoms with Crippen molar-refractivity contribution in [3.05, 3.63) is 226 Å². The molecule has 0 unspecified atom stereocenters. The lowest BCUT2D eigenvalue weighted by atomic mass is 10.0. The third-order valence-electron chi connectivity index (χ3n) is 20.0. The van der Waals surface area contributed by atoms with E-state index in [-0.39, 0.29) is 17.7 Å². The number of aryl methyl sites for hydroxylation is 1. The molecule has 12 aromatic rings. The highest BCUT2D eigenvalue weighted by molar-refractivity contribution is 6.37. The van der Waals surface area contributed by atoms with Gasteiger partial charge in [-0.1, -0.05) is 125 Å². The fourth-order valence-corrected chi connectivity index (χ4v) is 14.6. The fourth-order valence-electron chi connectivity index (χ4n) is 13.2. The van der Waals surface area contributed by atoms with Gasteiger partial charge in [0.25, 0.3) is 0 Å². The summed E-state index contributed by atoms with van der Waals surface area (Å²) in [6, 6.07) is 45.3. The van der Waals surface area contributed by atoms with Crippen LogP contribution in [-0.2, 0) is 14.4 Å². The molecule has 27 heteroatoms. The van der Waals surface area contributed by atoms with E-state index >= 15 is 0 Å². The number of hydrogen-bond donors (Lipinski definition) is 3. The zero-order chi connectivity index (χ0) is 77.8. The Morgan fingerprint density at radius 3 is 1.12 bits per heavy atom. The normalized spacial score (nSPS) is 13.6. The lowest BCUT2D eigenvalue weighted by Gasteiger charge is -2.18. The third kappa shape index (κ3) is 16.9. The van der Waals surface area contributed by atoms with Crippen molar-refractivity contribution in [2.24, 2.45) is 0 Å². The fraction of sp³-hybridized carbons (Fsp3) is 0.241. The second-order valence-electron chi connectivity index (χ2n) is 27.5. The zero-order valence-corrected chi connectivity index (χ0v) is 65.8. The molecule has 15 rings (SSSR count). The first kappa shape index (κ1) is 77.5. The number of ether oxygens (including phenoxy) is 1. The molecule has 0 saturated heterocycles. The molecule has 6 N–H and O–H groups in total. The standard InChI is InChI=1S/C29H31ClN6O2.2C27H26Cl2N6O/c1-18-10-11-19(15-23(18)38-4)25-26-28(31)32-17-33-29(26)36(27(25)30)22-8-5-7-21(16-22)35(3)24(37)9-6-14-34(2)20-12-13-20;1-33(19-12-13-19)14-4-7-22(36)34(2)20-5-3-6-21(15-20)35-25(29)23(17-8-10-18(28)11-9-17)24-26(30)31-16-32-27(24)35;1-33(19-9-10-19)15-3-4-22(36)34(2)20-11-13-21(14-12-20)35-25(29)23(17-5-7-18(28)8-6-17)24-26(30)31-16-32-27(24)35/h5-11,15-17,20H,12-14H2,1-4H3,(H2,31,32,33);3-11,15-16,19H,12-14H2,1-2H3,(H2,30,31,32);3-8,11-14,16,19H,9-10,15H2,1-2H3,(H2,30,31,32)/b9-6+;7-4+;4-3+. The van der Waals surface area contributed by atoms with Gasteiger partial charge in [-0.2, -0.15) is 0 Å². The van der Waals surface area contributed by atoms with E-state index in [1.165, 1.54) is 57.5 Å². The molecule has 564 valence electrons. The van der Waals surface area contributed by atoms with Crippen LogP contribution in [0.1, 0.15) is 44.1 Å². The summed E-state index contributed by atoms with van der Waals surface area (Å²) in [4.78, 5) is 76.1. The number of nitrogens with zero attached hydrogens (tertiary/aromatic N) is 15. The molecule has 22 nitrogen and oxygen atoms in total. The molecule has 3 saturated carbocycles. The summed E-state index contributed by atoms with van der Waals surface area (Å²) in [5, 5.41) is 4.56. The highest BCUT2D eigenvalue weighted by Gasteiger charge is 2.30. The van der Waals surface area contributed by atoms with E-state index in [1.807, 2.05) is 154 Å². The lowest BCUT2D eigenvalue weighted by molar-refractivity contribution is -0.114. The second-order valence-corrected chi connectivity index (χ2v) is 29.5. The Labute approximate surface area is 663 Å². The Bertz CT molecular complexity index is 5520. The minimum Gasteiger partial charge on any atom is -0.496 e. The number of hydrogen-bond acceptors (Lipinski definition) is 16. The average molecular weight is 1570 g/mol. The molecular weight excluding hydrogens is 1490 g/mol. The Kier molecular flexibility index (Phi) is 23.7. The van der Waals surface area contributed by atoms with Crippen LogP contribution in [0.5, 0.6) is 5.75 Å². The highest BCUT2D eigenvalue weighted by atomic mass is 35.5. The van der Waals surface area contributed by atoms with Crippen molar-refractivity contribution < 1.29 is 19.1 Å².